The van der Waals surface area contributed by atoms with Crippen LogP contribution in [-0.2, 0) is 0 Å². The second-order valence-corrected chi connectivity index (χ2v) is 3.76. The molecule has 0 bridgehead atoms. The molecule has 0 heterocycles. The molecule has 0 spiro atoms. The SMILES string of the molecule is CCCCCCN(c1ccccc1)[N+](=O)[O-]. The molecule has 1 rings (SSSR count). The number of benzene rings is 1. The third kappa shape index (κ3) is 3.88. The first-order valence-electron chi connectivity index (χ1n) is 5.72. The Kier molecular flexibility index (Phi) is 5.32. The van der Waals surface area contributed by atoms with Gasteiger partial charge in [0.2, 0.25) is 0 Å². The molecule has 0 amide bonds. The molecule has 0 saturated carbocycles. The summed E-state index contributed by atoms with van der Waals surface area (Å²) in [7, 11) is 0. The van der Waals surface area contributed by atoms with Crippen LogP contribution in [0.15, 0.2) is 30.3 Å². The van der Waals surface area contributed by atoms with Gasteiger partial charge in [0.25, 0.3) is 0 Å². The Morgan fingerprint density at radius 1 is 1.19 bits per heavy atom. The molecule has 0 saturated heterocycles. The standard InChI is InChI=1S/C12H18N2O2/c1-2-3-4-8-11-13(14(15)16)12-9-6-5-7-10-12/h5-7,9-10H,2-4,8,11H2,1H3. The van der Waals surface area contributed by atoms with Gasteiger partial charge < -0.3 is 0 Å². The van der Waals surface area contributed by atoms with Crippen LogP contribution in [0.3, 0.4) is 0 Å². The van der Waals surface area contributed by atoms with E-state index in [9.17, 15) is 10.1 Å². The van der Waals surface area contributed by atoms with Crippen molar-refractivity contribution in [3.05, 3.63) is 40.4 Å². The van der Waals surface area contributed by atoms with Crippen molar-refractivity contribution in [2.45, 2.75) is 32.6 Å². The maximum atomic E-state index is 10.9. The van der Waals surface area contributed by atoms with E-state index in [1.54, 1.807) is 12.1 Å². The van der Waals surface area contributed by atoms with Crippen LogP contribution in [0.25, 0.3) is 0 Å². The number of hydrazine groups is 1. The molecule has 16 heavy (non-hydrogen) atoms. The van der Waals surface area contributed by atoms with Crippen LogP contribution in [0.5, 0.6) is 0 Å². The summed E-state index contributed by atoms with van der Waals surface area (Å²) in [6.45, 7) is 2.61. The molecule has 0 aromatic heterocycles. The zero-order chi connectivity index (χ0) is 11.8. The smallest absolute Gasteiger partial charge is 0.165 e. The molecule has 0 fully saturated rings. The largest absolute Gasteiger partial charge is 0.234 e. The van der Waals surface area contributed by atoms with Gasteiger partial charge in [0.1, 0.15) is 5.69 Å². The van der Waals surface area contributed by atoms with Gasteiger partial charge >= 0.3 is 0 Å². The number of anilines is 1. The lowest BCUT2D eigenvalue weighted by molar-refractivity contribution is -0.494. The fraction of sp³-hybridized carbons (Fsp3) is 0.500. The molecular formula is C12H18N2O2. The van der Waals surface area contributed by atoms with Crippen LogP contribution in [0, 0.1) is 10.1 Å². The van der Waals surface area contributed by atoms with Gasteiger partial charge in [-0.25, -0.2) is 10.1 Å². The van der Waals surface area contributed by atoms with Gasteiger partial charge in [-0.3, -0.25) is 0 Å². The van der Waals surface area contributed by atoms with Crippen molar-refractivity contribution in [2.75, 3.05) is 11.6 Å². The highest BCUT2D eigenvalue weighted by atomic mass is 16.7. The molecule has 0 aliphatic heterocycles. The fourth-order valence-corrected chi connectivity index (χ4v) is 1.59. The first-order chi connectivity index (χ1) is 7.75. The van der Waals surface area contributed by atoms with E-state index in [0.717, 1.165) is 25.7 Å². The van der Waals surface area contributed by atoms with E-state index in [1.165, 1.54) is 5.01 Å². The molecule has 0 unspecified atom stereocenters. The van der Waals surface area contributed by atoms with Crippen LogP contribution in [-0.4, -0.2) is 11.6 Å². The number of nitrogens with zero attached hydrogens (tertiary/aromatic N) is 2. The molecule has 0 aliphatic carbocycles. The van der Waals surface area contributed by atoms with Crippen LogP contribution in [0.4, 0.5) is 5.69 Å². The Hall–Kier alpha value is -1.58. The van der Waals surface area contributed by atoms with Crippen molar-refractivity contribution in [1.29, 1.82) is 0 Å². The van der Waals surface area contributed by atoms with Crippen LogP contribution in [0.1, 0.15) is 32.6 Å². The average molecular weight is 222 g/mol. The summed E-state index contributed by atoms with van der Waals surface area (Å²) in [4.78, 5) is 10.9. The van der Waals surface area contributed by atoms with Gasteiger partial charge in [-0.1, -0.05) is 49.4 Å². The number of para-hydroxylation sites is 1. The minimum atomic E-state index is -0.332. The number of unbranched alkanes of at least 4 members (excludes halogenated alkanes) is 3. The molecule has 1 aromatic rings. The Bertz CT molecular complexity index is 314. The van der Waals surface area contributed by atoms with Crippen molar-refractivity contribution in [2.24, 2.45) is 0 Å². The van der Waals surface area contributed by atoms with Gasteiger partial charge in [-0.2, -0.15) is 0 Å². The minimum absolute atomic E-state index is 0.332. The topological polar surface area (TPSA) is 46.4 Å². The highest BCUT2D eigenvalue weighted by Gasteiger charge is 2.15. The highest BCUT2D eigenvalue weighted by molar-refractivity contribution is 5.42. The molecule has 0 atom stereocenters. The predicted molar refractivity (Wildman–Crippen MR) is 64.9 cm³/mol. The van der Waals surface area contributed by atoms with Crippen LogP contribution >= 0.6 is 0 Å². The van der Waals surface area contributed by atoms with Gasteiger partial charge in [0.05, 0.1) is 6.54 Å². The average Bonchev–Trinajstić information content (AvgIpc) is 2.30. The second kappa shape index (κ2) is 6.82. The third-order valence-electron chi connectivity index (χ3n) is 2.47. The zero-order valence-electron chi connectivity index (χ0n) is 9.63. The van der Waals surface area contributed by atoms with E-state index in [0.29, 0.717) is 12.2 Å². The third-order valence-corrected chi connectivity index (χ3v) is 2.47. The number of hydrogen-bond donors (Lipinski definition) is 0. The molecule has 1 aromatic carbocycles. The Balaban J connectivity index is 2.52. The lowest BCUT2D eigenvalue weighted by Gasteiger charge is -2.13. The van der Waals surface area contributed by atoms with E-state index >= 15 is 0 Å². The molecule has 4 heteroatoms. The normalized spacial score (nSPS) is 10.1. The highest BCUT2D eigenvalue weighted by Crippen LogP contribution is 2.14. The lowest BCUT2D eigenvalue weighted by Crippen LogP contribution is -2.30. The Morgan fingerprint density at radius 2 is 1.88 bits per heavy atom. The van der Waals surface area contributed by atoms with Gasteiger partial charge in [0, 0.05) is 0 Å². The number of rotatable bonds is 7. The summed E-state index contributed by atoms with van der Waals surface area (Å²) in [5.74, 6) is 0. The predicted octanol–water partition coefficient (Wildman–Crippen LogP) is 3.27. The first kappa shape index (κ1) is 12.5. The second-order valence-electron chi connectivity index (χ2n) is 3.76. The van der Waals surface area contributed by atoms with Gasteiger partial charge in [-0.05, 0) is 18.6 Å². The van der Waals surface area contributed by atoms with Crippen molar-refractivity contribution in [1.82, 2.24) is 0 Å². The summed E-state index contributed by atoms with van der Waals surface area (Å²) in [5, 5.41) is 11.8. The van der Waals surface area contributed by atoms with Crippen molar-refractivity contribution < 1.29 is 5.03 Å². The first-order valence-corrected chi connectivity index (χ1v) is 5.72. The Morgan fingerprint density at radius 3 is 2.44 bits per heavy atom. The van der Waals surface area contributed by atoms with E-state index in [1.807, 2.05) is 18.2 Å². The quantitative estimate of drug-likeness (QED) is 0.404. The van der Waals surface area contributed by atoms with Crippen molar-refractivity contribution in [3.8, 4) is 0 Å². The monoisotopic (exact) mass is 222 g/mol. The number of nitro groups is 1. The molecule has 0 N–H and O–H groups in total. The zero-order valence-corrected chi connectivity index (χ0v) is 9.63. The van der Waals surface area contributed by atoms with Crippen LogP contribution < -0.4 is 5.01 Å². The molecule has 4 nitrogen and oxygen atoms in total. The van der Waals surface area contributed by atoms with Crippen LogP contribution in [0.2, 0.25) is 0 Å². The maximum Gasteiger partial charge on any atom is 0.165 e. The van der Waals surface area contributed by atoms with E-state index in [4.69, 9.17) is 0 Å². The van der Waals surface area contributed by atoms with Crippen molar-refractivity contribution >= 4 is 5.69 Å². The van der Waals surface area contributed by atoms with E-state index < -0.39 is 0 Å². The molecule has 0 radical (unpaired) electrons. The summed E-state index contributed by atoms with van der Waals surface area (Å²) < 4.78 is 0. The summed E-state index contributed by atoms with van der Waals surface area (Å²) in [6, 6.07) is 9.03. The van der Waals surface area contributed by atoms with E-state index in [-0.39, 0.29) is 5.03 Å². The van der Waals surface area contributed by atoms with Gasteiger partial charge in [-0.15, -0.1) is 0 Å². The van der Waals surface area contributed by atoms with Gasteiger partial charge in [0.15, 0.2) is 5.03 Å². The maximum absolute atomic E-state index is 10.9. The fourth-order valence-electron chi connectivity index (χ4n) is 1.59. The summed E-state index contributed by atoms with van der Waals surface area (Å²) >= 11 is 0. The molecule has 0 aliphatic rings. The number of hydrogen-bond acceptors (Lipinski definition) is 2. The Labute approximate surface area is 96.0 Å². The molecular weight excluding hydrogens is 204 g/mol. The summed E-state index contributed by atoms with van der Waals surface area (Å²) in [6.07, 6.45) is 4.20. The minimum Gasteiger partial charge on any atom is -0.234 e. The van der Waals surface area contributed by atoms with E-state index in [2.05, 4.69) is 6.92 Å². The van der Waals surface area contributed by atoms with Crippen molar-refractivity contribution in [3.63, 3.8) is 0 Å². The molecule has 88 valence electrons. The lowest BCUT2D eigenvalue weighted by atomic mass is 10.2. The summed E-state index contributed by atoms with van der Waals surface area (Å²) in [5.41, 5.74) is 0.656.